The fourth-order valence-corrected chi connectivity index (χ4v) is 4.32. The van der Waals surface area contributed by atoms with Gasteiger partial charge in [-0.05, 0) is 37.6 Å². The molecule has 1 aliphatic rings. The maximum atomic E-state index is 15.4. The number of anilines is 3. The van der Waals surface area contributed by atoms with E-state index in [-0.39, 0.29) is 5.69 Å². The highest BCUT2D eigenvalue weighted by molar-refractivity contribution is 5.87. The molecule has 36 heavy (non-hydrogen) atoms. The number of rotatable bonds is 5. The molecule has 3 aromatic heterocycles. The molecule has 0 saturated carbocycles. The molecule has 0 amide bonds. The Morgan fingerprint density at radius 3 is 2.83 bits per heavy atom. The predicted molar refractivity (Wildman–Crippen MR) is 133 cm³/mol. The topological polar surface area (TPSA) is 114 Å². The Bertz CT molecular complexity index is 1600. The van der Waals surface area contributed by atoms with Crippen LogP contribution in [0.4, 0.5) is 21.8 Å². The molecule has 2 aromatic carbocycles. The van der Waals surface area contributed by atoms with Gasteiger partial charge >= 0.3 is 0 Å². The van der Waals surface area contributed by atoms with E-state index in [1.165, 1.54) is 6.33 Å². The molecule has 1 aliphatic heterocycles. The minimum absolute atomic E-state index is 0.233. The molecule has 0 spiro atoms. The molecule has 0 aliphatic carbocycles. The van der Waals surface area contributed by atoms with Gasteiger partial charge < -0.3 is 24.6 Å². The first kappa shape index (κ1) is 22.1. The number of aromatic nitrogens is 6. The first-order valence-electron chi connectivity index (χ1n) is 11.5. The van der Waals surface area contributed by atoms with Crippen molar-refractivity contribution >= 4 is 39.5 Å². The molecule has 1 saturated heterocycles. The van der Waals surface area contributed by atoms with Gasteiger partial charge in [-0.25, -0.2) is 29.3 Å². The van der Waals surface area contributed by atoms with Crippen molar-refractivity contribution in [2.75, 3.05) is 23.3 Å². The van der Waals surface area contributed by atoms with E-state index in [0.717, 1.165) is 11.0 Å². The van der Waals surface area contributed by atoms with Gasteiger partial charge in [0.2, 0.25) is 5.95 Å². The highest BCUT2D eigenvalue weighted by Gasteiger charge is 2.23. The van der Waals surface area contributed by atoms with Crippen LogP contribution in [0, 0.1) is 12.7 Å². The number of β-amino-alcohol motifs (C(OH)–C–C–N with tert-alkyl or cyclic N) is 1. The van der Waals surface area contributed by atoms with Gasteiger partial charge in [0.1, 0.15) is 28.9 Å². The van der Waals surface area contributed by atoms with Crippen LogP contribution in [0.3, 0.4) is 0 Å². The maximum absolute atomic E-state index is 15.4. The molecule has 0 unspecified atom stereocenters. The van der Waals surface area contributed by atoms with E-state index in [2.05, 4.69) is 30.2 Å². The van der Waals surface area contributed by atoms with Crippen LogP contribution in [-0.4, -0.2) is 53.8 Å². The second kappa shape index (κ2) is 8.68. The van der Waals surface area contributed by atoms with Gasteiger partial charge in [0.15, 0.2) is 11.6 Å². The third-order valence-corrected chi connectivity index (χ3v) is 6.33. The SMILES string of the molecule is Cc1c(Oc2ccc3c(c2)ncn3C)ccc(Nc2ncnc3cnc(N4CC[C@@H](O)C4)nc23)c1F. The third kappa shape index (κ3) is 3.93. The highest BCUT2D eigenvalue weighted by Crippen LogP contribution is 2.33. The van der Waals surface area contributed by atoms with Gasteiger partial charge in [0.25, 0.3) is 0 Å². The first-order valence-corrected chi connectivity index (χ1v) is 11.5. The number of ether oxygens (including phenoxy) is 1. The number of nitrogens with zero attached hydrogens (tertiary/aromatic N) is 7. The molecule has 0 bridgehead atoms. The van der Waals surface area contributed by atoms with E-state index in [4.69, 9.17) is 4.74 Å². The summed E-state index contributed by atoms with van der Waals surface area (Å²) in [6.45, 7) is 2.78. The van der Waals surface area contributed by atoms with E-state index in [1.807, 2.05) is 34.7 Å². The van der Waals surface area contributed by atoms with Crippen LogP contribution in [0.25, 0.3) is 22.1 Å². The summed E-state index contributed by atoms with van der Waals surface area (Å²) in [4.78, 5) is 23.7. The standard InChI is InChI=1S/C25H23FN8O2/c1-14-21(36-16-3-5-20-18(9-16)30-13-33(20)2)6-4-17(22(14)26)31-24-23-19(28-12-29-24)10-27-25(32-23)34-8-7-15(35)11-34/h3-6,9-10,12-13,15,35H,7-8,11H2,1-2H3,(H,28,29,31)/t15-/m1/s1. The van der Waals surface area contributed by atoms with E-state index < -0.39 is 11.9 Å². The van der Waals surface area contributed by atoms with Crippen LogP contribution in [0.5, 0.6) is 11.5 Å². The third-order valence-electron chi connectivity index (χ3n) is 6.33. The second-order valence-electron chi connectivity index (χ2n) is 8.80. The van der Waals surface area contributed by atoms with Crippen molar-refractivity contribution in [3.05, 3.63) is 60.6 Å². The van der Waals surface area contributed by atoms with E-state index in [0.29, 0.717) is 59.4 Å². The number of aryl methyl sites for hydroxylation is 1. The highest BCUT2D eigenvalue weighted by atomic mass is 19.1. The van der Waals surface area contributed by atoms with Crippen molar-refractivity contribution in [3.63, 3.8) is 0 Å². The average Bonchev–Trinajstić information content (AvgIpc) is 3.49. The molecule has 11 heteroatoms. The normalized spacial score (nSPS) is 15.7. The maximum Gasteiger partial charge on any atom is 0.226 e. The summed E-state index contributed by atoms with van der Waals surface area (Å²) in [5.74, 6) is 1.34. The zero-order valence-electron chi connectivity index (χ0n) is 19.7. The molecule has 6 rings (SSSR count). The Hall–Kier alpha value is -4.38. The van der Waals surface area contributed by atoms with Gasteiger partial charge in [0, 0.05) is 31.8 Å². The molecule has 5 aromatic rings. The summed E-state index contributed by atoms with van der Waals surface area (Å²) in [6, 6.07) is 8.88. The van der Waals surface area contributed by atoms with Crippen molar-refractivity contribution in [1.82, 2.24) is 29.5 Å². The van der Waals surface area contributed by atoms with Crippen LogP contribution in [-0.2, 0) is 7.05 Å². The zero-order valence-corrected chi connectivity index (χ0v) is 19.7. The number of hydrogen-bond donors (Lipinski definition) is 2. The van der Waals surface area contributed by atoms with E-state index in [9.17, 15) is 5.11 Å². The van der Waals surface area contributed by atoms with Gasteiger partial charge in [-0.1, -0.05) is 0 Å². The molecular formula is C25H23FN8O2. The number of nitrogens with one attached hydrogen (secondary N) is 1. The number of fused-ring (bicyclic) bond motifs is 2. The van der Waals surface area contributed by atoms with Gasteiger partial charge in [-0.15, -0.1) is 0 Å². The van der Waals surface area contributed by atoms with E-state index >= 15 is 4.39 Å². The van der Waals surface area contributed by atoms with Gasteiger partial charge in [0.05, 0.1) is 35.3 Å². The molecule has 10 nitrogen and oxygen atoms in total. The van der Waals surface area contributed by atoms with Crippen LogP contribution in [0.1, 0.15) is 12.0 Å². The Morgan fingerprint density at radius 2 is 2.00 bits per heavy atom. The Balaban J connectivity index is 1.29. The lowest BCUT2D eigenvalue weighted by Crippen LogP contribution is -2.23. The first-order chi connectivity index (χ1) is 17.5. The Kier molecular flexibility index (Phi) is 5.33. The number of imidazole rings is 1. The van der Waals surface area contributed by atoms with Crippen molar-refractivity contribution in [2.45, 2.75) is 19.4 Å². The van der Waals surface area contributed by atoms with Crippen LogP contribution in [0.15, 0.2) is 49.2 Å². The van der Waals surface area contributed by atoms with Crippen molar-refractivity contribution in [3.8, 4) is 11.5 Å². The monoisotopic (exact) mass is 486 g/mol. The van der Waals surface area contributed by atoms with Crippen molar-refractivity contribution in [2.24, 2.45) is 7.05 Å². The summed E-state index contributed by atoms with van der Waals surface area (Å²) in [7, 11) is 1.92. The van der Waals surface area contributed by atoms with Crippen LogP contribution < -0.4 is 15.0 Å². The summed E-state index contributed by atoms with van der Waals surface area (Å²) in [5, 5.41) is 12.9. The number of benzene rings is 2. The Morgan fingerprint density at radius 1 is 1.11 bits per heavy atom. The summed E-state index contributed by atoms with van der Waals surface area (Å²) >= 11 is 0. The average molecular weight is 487 g/mol. The fraction of sp³-hybridized carbons (Fsp3) is 0.240. The lowest BCUT2D eigenvalue weighted by atomic mass is 10.1. The number of aliphatic hydroxyl groups excluding tert-OH is 1. The molecule has 0 radical (unpaired) electrons. The molecule has 1 atom stereocenters. The van der Waals surface area contributed by atoms with Crippen LogP contribution in [0.2, 0.25) is 0 Å². The van der Waals surface area contributed by atoms with Gasteiger partial charge in [-0.3, -0.25) is 0 Å². The number of halogens is 1. The number of aliphatic hydroxyl groups is 1. The lowest BCUT2D eigenvalue weighted by Gasteiger charge is -2.16. The largest absolute Gasteiger partial charge is 0.457 e. The fourth-order valence-electron chi connectivity index (χ4n) is 4.32. The minimum atomic E-state index is -0.463. The molecule has 182 valence electrons. The van der Waals surface area contributed by atoms with E-state index in [1.54, 1.807) is 31.6 Å². The second-order valence-corrected chi connectivity index (χ2v) is 8.80. The quantitative estimate of drug-likeness (QED) is 0.382. The Labute approximate surface area is 205 Å². The summed E-state index contributed by atoms with van der Waals surface area (Å²) < 4.78 is 23.3. The number of hydrogen-bond acceptors (Lipinski definition) is 9. The molecule has 2 N–H and O–H groups in total. The smallest absolute Gasteiger partial charge is 0.226 e. The van der Waals surface area contributed by atoms with Gasteiger partial charge in [-0.2, -0.15) is 0 Å². The van der Waals surface area contributed by atoms with Crippen LogP contribution >= 0.6 is 0 Å². The van der Waals surface area contributed by atoms with Crippen molar-refractivity contribution < 1.29 is 14.2 Å². The summed E-state index contributed by atoms with van der Waals surface area (Å²) in [5.41, 5.74) is 3.35. The molecule has 1 fully saturated rings. The van der Waals surface area contributed by atoms with Crippen molar-refractivity contribution in [1.29, 1.82) is 0 Å². The zero-order chi connectivity index (χ0) is 24.8. The predicted octanol–water partition coefficient (Wildman–Crippen LogP) is 3.86. The minimum Gasteiger partial charge on any atom is -0.457 e. The molecular weight excluding hydrogens is 463 g/mol. The lowest BCUT2D eigenvalue weighted by molar-refractivity contribution is 0.198. The summed E-state index contributed by atoms with van der Waals surface area (Å²) in [6.07, 6.45) is 4.97. The molecule has 4 heterocycles.